The monoisotopic (exact) mass is 592 g/mol. The van der Waals surface area contributed by atoms with Crippen LogP contribution >= 0.6 is 0 Å². The smallest absolute Gasteiger partial charge is 0.277 e. The number of likely N-dealkylation sites (tertiary alicyclic amines) is 1. The van der Waals surface area contributed by atoms with E-state index in [1.165, 1.54) is 6.42 Å². The number of aromatic amines is 1. The number of nitrogens with zero attached hydrogens (tertiary/aromatic N) is 5. The number of aromatic nitrogens is 4. The van der Waals surface area contributed by atoms with Crippen molar-refractivity contribution in [1.82, 2.24) is 29.0 Å². The molecule has 0 bridgehead atoms. The van der Waals surface area contributed by atoms with Crippen molar-refractivity contribution in [3.63, 3.8) is 0 Å². The van der Waals surface area contributed by atoms with Crippen LogP contribution in [0.2, 0.25) is 0 Å². The van der Waals surface area contributed by atoms with Crippen LogP contribution in [0.25, 0.3) is 22.4 Å². The van der Waals surface area contributed by atoms with E-state index in [-0.39, 0.29) is 22.8 Å². The topological polar surface area (TPSA) is 113 Å². The minimum Gasteiger partial charge on any atom is -0.493 e. The molecule has 0 saturated carbocycles. The van der Waals surface area contributed by atoms with Crippen molar-refractivity contribution in [2.75, 3.05) is 32.8 Å². The minimum absolute atomic E-state index is 0.123. The van der Waals surface area contributed by atoms with E-state index < -0.39 is 10.0 Å². The van der Waals surface area contributed by atoms with Crippen LogP contribution in [0.5, 0.6) is 5.75 Å². The van der Waals surface area contributed by atoms with Crippen molar-refractivity contribution in [1.29, 1.82) is 0 Å². The van der Waals surface area contributed by atoms with Gasteiger partial charge in [0.25, 0.3) is 5.56 Å². The van der Waals surface area contributed by atoms with Crippen molar-refractivity contribution in [2.45, 2.75) is 57.4 Å². The maximum absolute atomic E-state index is 14.2. The number of aryl methyl sites for hydroxylation is 2. The van der Waals surface area contributed by atoms with Crippen molar-refractivity contribution >= 4 is 21.1 Å². The van der Waals surface area contributed by atoms with Crippen LogP contribution < -0.4 is 10.3 Å². The number of rotatable bonds is 12. The van der Waals surface area contributed by atoms with Gasteiger partial charge in [0, 0.05) is 26.7 Å². The first kappa shape index (κ1) is 29.9. The van der Waals surface area contributed by atoms with Gasteiger partial charge >= 0.3 is 0 Å². The molecule has 11 heteroatoms. The summed E-state index contributed by atoms with van der Waals surface area (Å²) in [7, 11) is -2.19. The van der Waals surface area contributed by atoms with Gasteiger partial charge in [-0.2, -0.15) is 9.40 Å². The second-order valence-electron chi connectivity index (χ2n) is 10.7. The lowest BCUT2D eigenvalue weighted by Crippen LogP contribution is -2.40. The Labute approximate surface area is 247 Å². The van der Waals surface area contributed by atoms with Gasteiger partial charge in [0.05, 0.1) is 22.8 Å². The number of nitrogens with one attached hydrogen (secondary N) is 1. The van der Waals surface area contributed by atoms with E-state index in [0.29, 0.717) is 48.5 Å². The molecule has 1 aliphatic heterocycles. The van der Waals surface area contributed by atoms with Gasteiger partial charge in [0.15, 0.2) is 5.52 Å². The fraction of sp³-hybridized carbons (Fsp3) is 0.452. The highest BCUT2D eigenvalue weighted by atomic mass is 32.2. The third-order valence-electron chi connectivity index (χ3n) is 7.71. The molecule has 0 atom stereocenters. The number of benzene rings is 2. The van der Waals surface area contributed by atoms with Gasteiger partial charge in [-0.3, -0.25) is 9.48 Å². The molecule has 10 nitrogen and oxygen atoms in total. The number of hydrogen-bond donors (Lipinski definition) is 1. The zero-order chi connectivity index (χ0) is 29.7. The molecule has 2 aromatic heterocycles. The standard InChI is InChI=1S/C31H40N6O4S/c1-4-12-26-28-29(35(3)34-26)31(38)33-30(32-28)25-21-24(15-16-27(25)41-5-2)42(39,40)37(22-23-13-8-6-9-14-23)20-19-36-17-10-7-11-18-36/h6,8-9,13-16,21H,4-5,7,10-12,17-20,22H2,1-3H3,(H,32,33,38). The number of ether oxygens (including phenoxy) is 1. The maximum atomic E-state index is 14.2. The average Bonchev–Trinajstić information content (AvgIpc) is 3.31. The maximum Gasteiger partial charge on any atom is 0.277 e. The summed E-state index contributed by atoms with van der Waals surface area (Å²) in [4.78, 5) is 23.3. The molecule has 42 heavy (non-hydrogen) atoms. The second kappa shape index (κ2) is 13.2. The summed E-state index contributed by atoms with van der Waals surface area (Å²) >= 11 is 0. The van der Waals surface area contributed by atoms with Gasteiger partial charge in [-0.25, -0.2) is 13.4 Å². The first-order valence-electron chi connectivity index (χ1n) is 14.8. The summed E-state index contributed by atoms with van der Waals surface area (Å²) in [5.41, 5.74) is 2.63. The van der Waals surface area contributed by atoms with Crippen LogP contribution in [0, 0.1) is 0 Å². The van der Waals surface area contributed by atoms with Crippen LogP contribution in [0.1, 0.15) is 50.8 Å². The zero-order valence-corrected chi connectivity index (χ0v) is 25.5. The molecule has 3 heterocycles. The normalized spacial score (nSPS) is 14.6. The molecule has 5 rings (SSSR count). The summed E-state index contributed by atoms with van der Waals surface area (Å²) in [5, 5.41) is 4.51. The summed E-state index contributed by atoms with van der Waals surface area (Å²) < 4.78 is 37.5. The number of sulfonamides is 1. The summed E-state index contributed by atoms with van der Waals surface area (Å²) in [5.74, 6) is 0.698. The molecular formula is C31H40N6O4S. The Morgan fingerprint density at radius 1 is 1.05 bits per heavy atom. The summed E-state index contributed by atoms with van der Waals surface area (Å²) in [6.07, 6.45) is 5.02. The predicted octanol–water partition coefficient (Wildman–Crippen LogP) is 4.35. The number of piperidine rings is 1. The molecule has 4 aromatic rings. The van der Waals surface area contributed by atoms with E-state index in [9.17, 15) is 13.2 Å². The number of fused-ring (bicyclic) bond motifs is 1. The van der Waals surface area contributed by atoms with E-state index in [0.717, 1.165) is 43.6 Å². The number of hydrogen-bond acceptors (Lipinski definition) is 7. The van der Waals surface area contributed by atoms with Crippen molar-refractivity contribution in [2.24, 2.45) is 7.05 Å². The first-order valence-corrected chi connectivity index (χ1v) is 16.2. The molecule has 0 amide bonds. The van der Waals surface area contributed by atoms with Crippen LogP contribution in [0.15, 0.2) is 58.2 Å². The SMILES string of the molecule is CCCc1nn(C)c2c(=O)[nH]c(-c3cc(S(=O)(=O)N(CCN4CCCCC4)Cc4ccccc4)ccc3OCC)nc12. The fourth-order valence-corrected chi connectivity index (χ4v) is 7.02. The lowest BCUT2D eigenvalue weighted by atomic mass is 10.1. The molecule has 0 aliphatic carbocycles. The minimum atomic E-state index is -3.91. The summed E-state index contributed by atoms with van der Waals surface area (Å²) in [6.45, 7) is 7.55. The van der Waals surface area contributed by atoms with Crippen molar-refractivity contribution < 1.29 is 13.2 Å². The third-order valence-corrected chi connectivity index (χ3v) is 9.55. The molecular weight excluding hydrogens is 552 g/mol. The molecule has 224 valence electrons. The molecule has 1 aliphatic rings. The molecule has 0 unspecified atom stereocenters. The summed E-state index contributed by atoms with van der Waals surface area (Å²) in [6, 6.07) is 14.4. The van der Waals surface area contributed by atoms with E-state index in [1.54, 1.807) is 34.2 Å². The van der Waals surface area contributed by atoms with Crippen LogP contribution in [-0.2, 0) is 30.0 Å². The van der Waals surface area contributed by atoms with Gasteiger partial charge in [0.1, 0.15) is 17.1 Å². The molecule has 2 aromatic carbocycles. The highest BCUT2D eigenvalue weighted by Crippen LogP contribution is 2.32. The highest BCUT2D eigenvalue weighted by Gasteiger charge is 2.28. The fourth-order valence-electron chi connectivity index (χ4n) is 5.57. The highest BCUT2D eigenvalue weighted by molar-refractivity contribution is 7.89. The van der Waals surface area contributed by atoms with Gasteiger partial charge in [-0.05, 0) is 63.0 Å². The first-order chi connectivity index (χ1) is 20.3. The number of H-pyrrole nitrogens is 1. The van der Waals surface area contributed by atoms with Crippen LogP contribution in [0.3, 0.4) is 0 Å². The lowest BCUT2D eigenvalue weighted by Gasteiger charge is -2.30. The molecule has 1 fully saturated rings. The second-order valence-corrected chi connectivity index (χ2v) is 12.7. The predicted molar refractivity (Wildman–Crippen MR) is 164 cm³/mol. The third kappa shape index (κ3) is 6.43. The van der Waals surface area contributed by atoms with Crippen LogP contribution in [0.4, 0.5) is 0 Å². The van der Waals surface area contributed by atoms with Gasteiger partial charge < -0.3 is 14.6 Å². The van der Waals surface area contributed by atoms with Crippen molar-refractivity contribution in [3.05, 3.63) is 70.1 Å². The van der Waals surface area contributed by atoms with Gasteiger partial charge in [-0.1, -0.05) is 50.1 Å². The Hall–Kier alpha value is -3.54. The van der Waals surface area contributed by atoms with E-state index in [4.69, 9.17) is 9.72 Å². The Bertz CT molecular complexity index is 1680. The molecule has 1 saturated heterocycles. The van der Waals surface area contributed by atoms with Gasteiger partial charge in [0.2, 0.25) is 10.0 Å². The van der Waals surface area contributed by atoms with Crippen LogP contribution in [-0.4, -0.2) is 70.2 Å². The lowest BCUT2D eigenvalue weighted by molar-refractivity contribution is 0.211. The van der Waals surface area contributed by atoms with Crippen molar-refractivity contribution in [3.8, 4) is 17.1 Å². The van der Waals surface area contributed by atoms with E-state index in [2.05, 4.69) is 15.0 Å². The van der Waals surface area contributed by atoms with Gasteiger partial charge in [-0.15, -0.1) is 0 Å². The zero-order valence-electron chi connectivity index (χ0n) is 24.7. The Kier molecular flexibility index (Phi) is 9.40. The molecule has 0 spiro atoms. The Morgan fingerprint density at radius 3 is 2.52 bits per heavy atom. The largest absolute Gasteiger partial charge is 0.493 e. The average molecular weight is 593 g/mol. The molecule has 1 N–H and O–H groups in total. The molecule has 0 radical (unpaired) electrons. The Balaban J connectivity index is 1.56. The quantitative estimate of drug-likeness (QED) is 0.260. The Morgan fingerprint density at radius 2 is 1.81 bits per heavy atom. The van der Waals surface area contributed by atoms with E-state index in [1.807, 2.05) is 44.2 Å². The van der Waals surface area contributed by atoms with E-state index >= 15 is 0 Å².